The number of hydrogen-bond donors (Lipinski definition) is 3. The molecule has 8 nitrogen and oxygen atoms in total. The molecule has 1 atom stereocenters. The van der Waals surface area contributed by atoms with E-state index in [2.05, 4.69) is 5.32 Å². The molecule has 3 N–H and O–H groups in total. The smallest absolute Gasteiger partial charge is 0.283 e. The number of amides is 1. The average molecular weight is 385 g/mol. The molecule has 1 heterocycles. The second-order valence-electron chi connectivity index (χ2n) is 6.29. The number of nitrogens with one attached hydrogen (secondary N) is 2. The molecule has 1 amide bonds. The lowest BCUT2D eigenvalue weighted by Crippen LogP contribution is -2.71. The molecule has 1 aromatic rings. The van der Waals surface area contributed by atoms with Gasteiger partial charge in [0.15, 0.2) is 9.84 Å². The van der Waals surface area contributed by atoms with E-state index in [0.29, 0.717) is 13.0 Å². The SMILES string of the molecule is CCCCCS(=O)(=O)C1(C(=O)NO)CNCCN1OCc1ccccc1. The lowest BCUT2D eigenvalue weighted by molar-refractivity contribution is -0.218. The molecule has 1 saturated heterocycles. The van der Waals surface area contributed by atoms with Crippen LogP contribution < -0.4 is 10.8 Å². The van der Waals surface area contributed by atoms with Gasteiger partial charge >= 0.3 is 0 Å². The van der Waals surface area contributed by atoms with Crippen molar-refractivity contribution in [3.05, 3.63) is 35.9 Å². The Bertz CT molecular complexity index is 683. The van der Waals surface area contributed by atoms with Crippen molar-refractivity contribution in [3.8, 4) is 0 Å². The quantitative estimate of drug-likeness (QED) is 0.328. The summed E-state index contributed by atoms with van der Waals surface area (Å²) in [5, 5.41) is 13.4. The maximum atomic E-state index is 13.1. The van der Waals surface area contributed by atoms with Gasteiger partial charge in [-0.05, 0) is 12.0 Å². The highest BCUT2D eigenvalue weighted by molar-refractivity contribution is 7.93. The van der Waals surface area contributed by atoms with Crippen LogP contribution in [-0.2, 0) is 26.1 Å². The number of benzene rings is 1. The fourth-order valence-corrected chi connectivity index (χ4v) is 5.03. The molecule has 0 saturated carbocycles. The largest absolute Gasteiger partial charge is 0.312 e. The number of sulfone groups is 1. The molecule has 1 fully saturated rings. The van der Waals surface area contributed by atoms with Gasteiger partial charge in [-0.2, -0.15) is 5.06 Å². The Morgan fingerprint density at radius 3 is 2.73 bits per heavy atom. The van der Waals surface area contributed by atoms with Crippen LogP contribution in [0.2, 0.25) is 0 Å². The second-order valence-corrected chi connectivity index (χ2v) is 8.60. The Kier molecular flexibility index (Phi) is 7.54. The van der Waals surface area contributed by atoms with Crippen LogP contribution >= 0.6 is 0 Å². The van der Waals surface area contributed by atoms with Crippen LogP contribution in [0.4, 0.5) is 0 Å². The number of carbonyl (C=O) groups is 1. The first-order valence-electron chi connectivity index (χ1n) is 8.80. The maximum absolute atomic E-state index is 13.1. The molecular formula is C17H27N3O5S. The van der Waals surface area contributed by atoms with Crippen molar-refractivity contribution >= 4 is 15.7 Å². The minimum Gasteiger partial charge on any atom is -0.312 e. The molecule has 0 radical (unpaired) electrons. The summed E-state index contributed by atoms with van der Waals surface area (Å²) in [6.07, 6.45) is 2.06. The summed E-state index contributed by atoms with van der Waals surface area (Å²) in [6, 6.07) is 9.28. The van der Waals surface area contributed by atoms with Crippen LogP contribution in [0.15, 0.2) is 30.3 Å². The third kappa shape index (κ3) is 4.41. The number of rotatable bonds is 9. The standard InChI is InChI=1S/C17H27N3O5S/c1-2-3-7-12-26(23,24)17(16(21)19-22)14-18-10-11-20(17)25-13-15-8-5-4-6-9-15/h4-6,8-9,18,22H,2-3,7,10-14H2,1H3,(H,19,21). The highest BCUT2D eigenvalue weighted by Gasteiger charge is 2.57. The fraction of sp³-hybridized carbons (Fsp3) is 0.588. The number of hydroxylamine groups is 3. The van der Waals surface area contributed by atoms with Gasteiger partial charge in [0.25, 0.3) is 5.91 Å². The van der Waals surface area contributed by atoms with Gasteiger partial charge in [0.2, 0.25) is 4.87 Å². The third-order valence-corrected chi connectivity index (χ3v) is 6.87. The first-order valence-corrected chi connectivity index (χ1v) is 10.4. The number of carbonyl (C=O) groups excluding carboxylic acids is 1. The van der Waals surface area contributed by atoms with E-state index < -0.39 is 20.6 Å². The van der Waals surface area contributed by atoms with Crippen molar-refractivity contribution in [2.24, 2.45) is 0 Å². The molecular weight excluding hydrogens is 358 g/mol. The monoisotopic (exact) mass is 385 g/mol. The zero-order valence-corrected chi connectivity index (χ0v) is 15.8. The zero-order chi connectivity index (χ0) is 19.0. The van der Waals surface area contributed by atoms with Gasteiger partial charge in [0, 0.05) is 19.6 Å². The van der Waals surface area contributed by atoms with Gasteiger partial charge in [-0.15, -0.1) is 0 Å². The van der Waals surface area contributed by atoms with Crippen LogP contribution in [0.3, 0.4) is 0 Å². The van der Waals surface area contributed by atoms with Crippen LogP contribution in [0.5, 0.6) is 0 Å². The van der Waals surface area contributed by atoms with E-state index in [1.54, 1.807) is 0 Å². The van der Waals surface area contributed by atoms with Gasteiger partial charge in [-0.1, -0.05) is 50.1 Å². The van der Waals surface area contributed by atoms with E-state index in [0.717, 1.165) is 18.4 Å². The fourth-order valence-electron chi connectivity index (χ4n) is 3.00. The maximum Gasteiger partial charge on any atom is 0.283 e. The van der Waals surface area contributed by atoms with Crippen LogP contribution in [0.25, 0.3) is 0 Å². The van der Waals surface area contributed by atoms with Crippen molar-refractivity contribution in [2.75, 3.05) is 25.4 Å². The van der Waals surface area contributed by atoms with Gasteiger partial charge < -0.3 is 5.32 Å². The molecule has 1 aliphatic heterocycles. The molecule has 146 valence electrons. The van der Waals surface area contributed by atoms with Gasteiger partial charge in [0.1, 0.15) is 0 Å². The summed E-state index contributed by atoms with van der Waals surface area (Å²) < 4.78 is 26.1. The molecule has 26 heavy (non-hydrogen) atoms. The number of unbranched alkanes of at least 4 members (excludes halogenated alkanes) is 2. The lowest BCUT2D eigenvalue weighted by atomic mass is 10.2. The highest BCUT2D eigenvalue weighted by atomic mass is 32.2. The summed E-state index contributed by atoms with van der Waals surface area (Å²) in [5.41, 5.74) is 2.37. The Balaban J connectivity index is 2.28. The van der Waals surface area contributed by atoms with Crippen molar-refractivity contribution < 1.29 is 23.3 Å². The molecule has 1 unspecified atom stereocenters. The minimum atomic E-state index is -3.92. The zero-order valence-electron chi connectivity index (χ0n) is 15.0. The van der Waals surface area contributed by atoms with Crippen LogP contribution in [0.1, 0.15) is 31.7 Å². The average Bonchev–Trinajstić information content (AvgIpc) is 2.66. The van der Waals surface area contributed by atoms with Crippen LogP contribution in [-0.4, -0.2) is 54.9 Å². The van der Waals surface area contributed by atoms with Crippen molar-refractivity contribution in [1.82, 2.24) is 15.9 Å². The molecule has 2 rings (SSSR count). The second kappa shape index (κ2) is 9.43. The predicted molar refractivity (Wildman–Crippen MR) is 96.8 cm³/mol. The van der Waals surface area contributed by atoms with Gasteiger partial charge in [-0.3, -0.25) is 14.8 Å². The van der Waals surface area contributed by atoms with E-state index in [4.69, 9.17) is 4.84 Å². The van der Waals surface area contributed by atoms with Crippen molar-refractivity contribution in [3.63, 3.8) is 0 Å². The number of piperazine rings is 1. The number of nitrogens with zero attached hydrogens (tertiary/aromatic N) is 1. The van der Waals surface area contributed by atoms with Gasteiger partial charge in [-0.25, -0.2) is 13.9 Å². The Morgan fingerprint density at radius 1 is 1.35 bits per heavy atom. The molecule has 1 aromatic carbocycles. The summed E-state index contributed by atoms with van der Waals surface area (Å²) in [5.74, 6) is -1.16. The Morgan fingerprint density at radius 2 is 2.08 bits per heavy atom. The molecule has 1 aliphatic rings. The third-order valence-electron chi connectivity index (χ3n) is 4.48. The first kappa shape index (κ1) is 20.8. The molecule has 0 spiro atoms. The summed E-state index contributed by atoms with van der Waals surface area (Å²) in [4.78, 5) is 16.2. The molecule has 0 aliphatic carbocycles. The summed E-state index contributed by atoms with van der Waals surface area (Å²) >= 11 is 0. The molecule has 0 bridgehead atoms. The first-order chi connectivity index (χ1) is 12.5. The van der Waals surface area contributed by atoms with Gasteiger partial charge in [0.05, 0.1) is 12.4 Å². The predicted octanol–water partition coefficient (Wildman–Crippen LogP) is 0.830. The van der Waals surface area contributed by atoms with E-state index in [-0.39, 0.29) is 25.4 Å². The lowest BCUT2D eigenvalue weighted by Gasteiger charge is -2.43. The Labute approximate surface area is 154 Å². The van der Waals surface area contributed by atoms with E-state index in [9.17, 15) is 18.4 Å². The van der Waals surface area contributed by atoms with E-state index >= 15 is 0 Å². The Hall–Kier alpha value is -1.52. The summed E-state index contributed by atoms with van der Waals surface area (Å²) in [7, 11) is -3.92. The summed E-state index contributed by atoms with van der Waals surface area (Å²) in [6.45, 7) is 2.63. The van der Waals surface area contributed by atoms with Crippen LogP contribution in [0, 0.1) is 0 Å². The minimum absolute atomic E-state index is 0.131. The normalized spacial score (nSPS) is 21.5. The molecule has 0 aromatic heterocycles. The van der Waals surface area contributed by atoms with E-state index in [1.165, 1.54) is 10.5 Å². The highest BCUT2D eigenvalue weighted by Crippen LogP contribution is 2.28. The van der Waals surface area contributed by atoms with E-state index in [1.807, 2.05) is 37.3 Å². The number of hydrogen-bond acceptors (Lipinski definition) is 7. The molecule has 9 heteroatoms. The van der Waals surface area contributed by atoms with Crippen molar-refractivity contribution in [2.45, 2.75) is 37.7 Å². The van der Waals surface area contributed by atoms with Crippen molar-refractivity contribution in [1.29, 1.82) is 0 Å². The topological polar surface area (TPSA) is 108 Å².